The molecular weight excluding hydrogens is 260 g/mol. The normalized spacial score (nSPS) is 10.5. The van der Waals surface area contributed by atoms with Gasteiger partial charge in [0.1, 0.15) is 4.34 Å². The first kappa shape index (κ1) is 11.5. The first-order valence-corrected chi connectivity index (χ1v) is 6.99. The molecule has 0 atom stereocenters. The third kappa shape index (κ3) is 2.20. The van der Waals surface area contributed by atoms with Crippen molar-refractivity contribution in [3.63, 3.8) is 0 Å². The van der Waals surface area contributed by atoms with Gasteiger partial charge in [0.2, 0.25) is 0 Å². The van der Waals surface area contributed by atoms with Crippen LogP contribution >= 0.6 is 22.9 Å². The molecule has 3 aromatic rings. The van der Waals surface area contributed by atoms with Gasteiger partial charge >= 0.3 is 0 Å². The summed E-state index contributed by atoms with van der Waals surface area (Å²) in [5.41, 5.74) is 4.74. The Morgan fingerprint density at radius 3 is 1.89 bits per heavy atom. The number of hydrogen-bond donors (Lipinski definition) is 0. The zero-order valence-electron chi connectivity index (χ0n) is 9.64. The van der Waals surface area contributed by atoms with Gasteiger partial charge in [0.05, 0.1) is 0 Å². The van der Waals surface area contributed by atoms with Gasteiger partial charge in [-0.25, -0.2) is 0 Å². The van der Waals surface area contributed by atoms with Crippen LogP contribution in [-0.4, -0.2) is 0 Å². The summed E-state index contributed by atoms with van der Waals surface area (Å²) in [5.74, 6) is 0. The maximum atomic E-state index is 6.15. The van der Waals surface area contributed by atoms with Crippen LogP contribution in [0.2, 0.25) is 4.34 Å². The molecule has 0 aliphatic carbocycles. The Morgan fingerprint density at radius 1 is 0.667 bits per heavy atom. The quantitative estimate of drug-likeness (QED) is 0.557. The van der Waals surface area contributed by atoms with Crippen molar-refractivity contribution in [1.29, 1.82) is 0 Å². The molecule has 0 unspecified atom stereocenters. The molecule has 0 saturated carbocycles. The molecule has 0 nitrogen and oxygen atoms in total. The highest BCUT2D eigenvalue weighted by Crippen LogP contribution is 2.33. The molecule has 0 saturated heterocycles. The Hall–Kier alpha value is -1.57. The number of halogens is 1. The summed E-state index contributed by atoms with van der Waals surface area (Å²) >= 11 is 7.71. The van der Waals surface area contributed by atoms with Crippen molar-refractivity contribution >= 4 is 22.9 Å². The van der Waals surface area contributed by atoms with E-state index < -0.39 is 0 Å². The molecule has 0 aliphatic heterocycles. The van der Waals surface area contributed by atoms with Gasteiger partial charge in [-0.1, -0.05) is 66.2 Å². The molecule has 2 aromatic carbocycles. The van der Waals surface area contributed by atoms with Gasteiger partial charge in [0, 0.05) is 5.56 Å². The molecule has 0 aliphatic rings. The van der Waals surface area contributed by atoms with E-state index in [1.165, 1.54) is 16.7 Å². The van der Waals surface area contributed by atoms with E-state index in [4.69, 9.17) is 11.6 Å². The number of rotatable bonds is 2. The van der Waals surface area contributed by atoms with Gasteiger partial charge in [-0.05, 0) is 28.1 Å². The summed E-state index contributed by atoms with van der Waals surface area (Å²) in [6.45, 7) is 0. The van der Waals surface area contributed by atoms with Crippen molar-refractivity contribution in [3.8, 4) is 22.3 Å². The first-order valence-electron chi connectivity index (χ1n) is 5.73. The van der Waals surface area contributed by atoms with Crippen molar-refractivity contribution in [2.24, 2.45) is 0 Å². The summed E-state index contributed by atoms with van der Waals surface area (Å²) in [6.07, 6.45) is 0. The lowest BCUT2D eigenvalue weighted by Crippen LogP contribution is -1.78. The fraction of sp³-hybridized carbons (Fsp3) is 0. The topological polar surface area (TPSA) is 0 Å². The van der Waals surface area contributed by atoms with Crippen molar-refractivity contribution in [2.45, 2.75) is 0 Å². The van der Waals surface area contributed by atoms with Crippen molar-refractivity contribution < 1.29 is 0 Å². The fourth-order valence-electron chi connectivity index (χ4n) is 1.97. The predicted octanol–water partition coefficient (Wildman–Crippen LogP) is 5.74. The van der Waals surface area contributed by atoms with Crippen LogP contribution in [0.4, 0.5) is 0 Å². The van der Waals surface area contributed by atoms with Crippen LogP contribution in [0.1, 0.15) is 0 Å². The average molecular weight is 271 g/mol. The van der Waals surface area contributed by atoms with Gasteiger partial charge in [0.25, 0.3) is 0 Å². The SMILES string of the molecule is Clc1sccc1-c1ccc(-c2ccccc2)cc1. The molecule has 0 fully saturated rings. The van der Waals surface area contributed by atoms with Gasteiger partial charge in [-0.3, -0.25) is 0 Å². The maximum absolute atomic E-state index is 6.15. The second-order valence-electron chi connectivity index (χ2n) is 4.05. The highest BCUT2D eigenvalue weighted by Gasteiger charge is 2.04. The van der Waals surface area contributed by atoms with Crippen LogP contribution in [0.25, 0.3) is 22.3 Å². The molecule has 0 N–H and O–H groups in total. The van der Waals surface area contributed by atoms with E-state index in [1.54, 1.807) is 11.3 Å². The zero-order chi connectivity index (χ0) is 12.4. The zero-order valence-corrected chi connectivity index (χ0v) is 11.2. The van der Waals surface area contributed by atoms with Crippen LogP contribution in [0.5, 0.6) is 0 Å². The Balaban J connectivity index is 1.97. The summed E-state index contributed by atoms with van der Waals surface area (Å²) in [5, 5.41) is 2.02. The lowest BCUT2D eigenvalue weighted by Gasteiger charge is -2.03. The molecule has 0 amide bonds. The fourth-order valence-corrected chi connectivity index (χ4v) is 2.94. The molecule has 0 spiro atoms. The smallest absolute Gasteiger partial charge is 0.101 e. The van der Waals surface area contributed by atoms with Gasteiger partial charge in [-0.15, -0.1) is 11.3 Å². The van der Waals surface area contributed by atoms with E-state index in [-0.39, 0.29) is 0 Å². The van der Waals surface area contributed by atoms with E-state index in [0.29, 0.717) is 0 Å². The van der Waals surface area contributed by atoms with E-state index >= 15 is 0 Å². The van der Waals surface area contributed by atoms with E-state index in [0.717, 1.165) is 9.90 Å². The lowest BCUT2D eigenvalue weighted by molar-refractivity contribution is 1.61. The largest absolute Gasteiger partial charge is 0.131 e. The number of hydrogen-bond acceptors (Lipinski definition) is 1. The molecule has 1 aromatic heterocycles. The summed E-state index contributed by atoms with van der Waals surface area (Å²) < 4.78 is 0.850. The van der Waals surface area contributed by atoms with E-state index in [1.807, 2.05) is 11.4 Å². The molecule has 0 radical (unpaired) electrons. The third-order valence-corrected chi connectivity index (χ3v) is 4.09. The maximum Gasteiger partial charge on any atom is 0.101 e. The lowest BCUT2D eigenvalue weighted by atomic mass is 10.0. The Kier molecular flexibility index (Phi) is 3.18. The number of benzene rings is 2. The standard InChI is InChI=1S/C16H11ClS/c17-16-15(10-11-18-16)14-8-6-13(7-9-14)12-4-2-1-3-5-12/h1-11H. The molecule has 2 heteroatoms. The molecular formula is C16H11ClS. The predicted molar refractivity (Wildman–Crippen MR) is 80.2 cm³/mol. The molecule has 18 heavy (non-hydrogen) atoms. The van der Waals surface area contributed by atoms with Crippen LogP contribution in [0, 0.1) is 0 Å². The summed E-state index contributed by atoms with van der Waals surface area (Å²) in [4.78, 5) is 0. The van der Waals surface area contributed by atoms with Gasteiger partial charge in [0.15, 0.2) is 0 Å². The second-order valence-corrected chi connectivity index (χ2v) is 5.57. The minimum absolute atomic E-state index is 0.850. The van der Waals surface area contributed by atoms with Crippen LogP contribution < -0.4 is 0 Å². The minimum Gasteiger partial charge on any atom is -0.131 e. The van der Waals surface area contributed by atoms with E-state index in [2.05, 4.69) is 54.6 Å². The first-order chi connectivity index (χ1) is 8.84. The highest BCUT2D eigenvalue weighted by atomic mass is 35.5. The molecule has 88 valence electrons. The Bertz CT molecular complexity index is 638. The minimum atomic E-state index is 0.850. The molecule has 1 heterocycles. The average Bonchev–Trinajstić information content (AvgIpc) is 2.86. The van der Waals surface area contributed by atoms with Crippen molar-refractivity contribution in [1.82, 2.24) is 0 Å². The van der Waals surface area contributed by atoms with Crippen molar-refractivity contribution in [2.75, 3.05) is 0 Å². The van der Waals surface area contributed by atoms with Gasteiger partial charge < -0.3 is 0 Å². The Morgan fingerprint density at radius 2 is 1.28 bits per heavy atom. The van der Waals surface area contributed by atoms with Crippen molar-refractivity contribution in [3.05, 3.63) is 70.4 Å². The summed E-state index contributed by atoms with van der Waals surface area (Å²) in [7, 11) is 0. The van der Waals surface area contributed by atoms with E-state index in [9.17, 15) is 0 Å². The third-order valence-electron chi connectivity index (χ3n) is 2.92. The monoisotopic (exact) mass is 270 g/mol. The number of thiophene rings is 1. The highest BCUT2D eigenvalue weighted by molar-refractivity contribution is 7.15. The second kappa shape index (κ2) is 4.97. The Labute approximate surface area is 115 Å². The summed E-state index contributed by atoms with van der Waals surface area (Å²) in [6, 6.07) is 21.0. The van der Waals surface area contributed by atoms with Gasteiger partial charge in [-0.2, -0.15) is 0 Å². The van der Waals surface area contributed by atoms with Crippen LogP contribution in [-0.2, 0) is 0 Å². The molecule has 3 rings (SSSR count). The van der Waals surface area contributed by atoms with Crippen LogP contribution in [0.15, 0.2) is 66.0 Å². The molecule has 0 bridgehead atoms. The van der Waals surface area contributed by atoms with Crippen LogP contribution in [0.3, 0.4) is 0 Å².